The summed E-state index contributed by atoms with van der Waals surface area (Å²) in [7, 11) is 3.41. The topological polar surface area (TPSA) is 99.3 Å². The van der Waals surface area contributed by atoms with Gasteiger partial charge in [0.1, 0.15) is 17.3 Å². The van der Waals surface area contributed by atoms with Gasteiger partial charge in [-0.05, 0) is 30.2 Å². The van der Waals surface area contributed by atoms with Gasteiger partial charge in [0.05, 0.1) is 11.0 Å². The average Bonchev–Trinajstić information content (AvgIpc) is 2.66. The predicted octanol–water partition coefficient (Wildman–Crippen LogP) is 3.45. The van der Waals surface area contributed by atoms with Gasteiger partial charge in [-0.2, -0.15) is 5.26 Å². The zero-order chi connectivity index (χ0) is 20.0. The minimum Gasteiger partial charge on any atom is -0.372 e. The molecule has 0 unspecified atom stereocenters. The lowest BCUT2D eigenvalue weighted by Gasteiger charge is -2.14. The largest absolute Gasteiger partial charge is 0.372 e. The fraction of sp³-hybridized carbons (Fsp3) is 0.200. The van der Waals surface area contributed by atoms with E-state index in [0.717, 1.165) is 5.56 Å². The van der Waals surface area contributed by atoms with Gasteiger partial charge in [-0.3, -0.25) is 14.9 Å². The van der Waals surface area contributed by atoms with Crippen LogP contribution in [0.2, 0.25) is 0 Å². The number of rotatable bonds is 6. The number of nitro benzene ring substituents is 1. The lowest BCUT2D eigenvalue weighted by molar-refractivity contribution is -0.384. The number of nitriles is 1. The van der Waals surface area contributed by atoms with Gasteiger partial charge in [-0.25, -0.2) is 0 Å². The van der Waals surface area contributed by atoms with Crippen LogP contribution in [0.4, 0.5) is 11.4 Å². The molecule has 0 saturated carbocycles. The molecular weight excluding hydrogens is 344 g/mol. The van der Waals surface area contributed by atoms with Gasteiger partial charge in [-0.1, -0.05) is 36.4 Å². The number of nitrogens with zero attached hydrogens (tertiary/aromatic N) is 3. The van der Waals surface area contributed by atoms with Gasteiger partial charge in [0, 0.05) is 20.2 Å². The van der Waals surface area contributed by atoms with Crippen LogP contribution in [0.1, 0.15) is 24.1 Å². The standard InChI is InChI=1S/C20H20N4O3/c1-14(16-7-5-4-6-8-16)22-20(25)17(13-21)11-15-9-10-18(23(2)3)19(12-15)24(26)27/h4-12,14H,1-3H3,(H,22,25)/b17-11+/t14-/m0/s1. The smallest absolute Gasteiger partial charge is 0.293 e. The summed E-state index contributed by atoms with van der Waals surface area (Å²) in [5.74, 6) is -0.534. The molecule has 2 aromatic rings. The highest BCUT2D eigenvalue weighted by Crippen LogP contribution is 2.28. The first-order chi connectivity index (χ1) is 12.8. The van der Waals surface area contributed by atoms with E-state index in [4.69, 9.17) is 0 Å². The van der Waals surface area contributed by atoms with Crippen molar-refractivity contribution in [1.29, 1.82) is 5.26 Å². The molecule has 2 aromatic carbocycles. The van der Waals surface area contributed by atoms with E-state index < -0.39 is 10.8 Å². The van der Waals surface area contributed by atoms with E-state index in [1.54, 1.807) is 31.1 Å². The monoisotopic (exact) mass is 364 g/mol. The molecule has 0 spiro atoms. The molecule has 138 valence electrons. The molecule has 7 heteroatoms. The number of hydrogen-bond donors (Lipinski definition) is 1. The number of anilines is 1. The highest BCUT2D eigenvalue weighted by molar-refractivity contribution is 6.02. The number of amides is 1. The van der Waals surface area contributed by atoms with E-state index in [-0.39, 0.29) is 17.3 Å². The highest BCUT2D eigenvalue weighted by atomic mass is 16.6. The van der Waals surface area contributed by atoms with Crippen molar-refractivity contribution in [2.24, 2.45) is 0 Å². The quantitative estimate of drug-likeness (QED) is 0.366. The third-order valence-electron chi connectivity index (χ3n) is 4.00. The molecule has 27 heavy (non-hydrogen) atoms. The van der Waals surface area contributed by atoms with Crippen LogP contribution in [-0.2, 0) is 4.79 Å². The second-order valence-electron chi connectivity index (χ2n) is 6.18. The van der Waals surface area contributed by atoms with Gasteiger partial charge in [0.15, 0.2) is 0 Å². The summed E-state index contributed by atoms with van der Waals surface area (Å²) in [6, 6.07) is 15.5. The highest BCUT2D eigenvalue weighted by Gasteiger charge is 2.17. The van der Waals surface area contributed by atoms with Gasteiger partial charge in [0.25, 0.3) is 11.6 Å². The Morgan fingerprint density at radius 2 is 1.93 bits per heavy atom. The Kier molecular flexibility index (Phi) is 6.28. The second kappa shape index (κ2) is 8.63. The Morgan fingerprint density at radius 1 is 1.26 bits per heavy atom. The maximum Gasteiger partial charge on any atom is 0.293 e. The molecule has 0 aliphatic heterocycles. The number of benzene rings is 2. The summed E-state index contributed by atoms with van der Waals surface area (Å²) in [4.78, 5) is 24.8. The molecule has 0 radical (unpaired) electrons. The molecule has 1 atom stereocenters. The second-order valence-corrected chi connectivity index (χ2v) is 6.18. The first-order valence-corrected chi connectivity index (χ1v) is 8.27. The number of nitrogens with one attached hydrogen (secondary N) is 1. The van der Waals surface area contributed by atoms with Crippen LogP contribution in [0, 0.1) is 21.4 Å². The molecule has 1 N–H and O–H groups in total. The maximum atomic E-state index is 12.4. The summed E-state index contributed by atoms with van der Waals surface area (Å²) in [6.07, 6.45) is 1.35. The molecule has 0 fully saturated rings. The molecule has 1 amide bonds. The van der Waals surface area contributed by atoms with Crippen molar-refractivity contribution in [1.82, 2.24) is 5.32 Å². The minimum atomic E-state index is -0.534. The van der Waals surface area contributed by atoms with Crippen LogP contribution < -0.4 is 10.2 Å². The first kappa shape index (κ1) is 19.7. The fourth-order valence-electron chi connectivity index (χ4n) is 2.57. The third-order valence-corrected chi connectivity index (χ3v) is 4.00. The number of carbonyl (C=O) groups is 1. The normalized spacial score (nSPS) is 12.0. The van der Waals surface area contributed by atoms with Crippen molar-refractivity contribution >= 4 is 23.4 Å². The molecule has 0 bridgehead atoms. The zero-order valence-electron chi connectivity index (χ0n) is 15.3. The van der Waals surface area contributed by atoms with Crippen molar-refractivity contribution in [2.45, 2.75) is 13.0 Å². The van der Waals surface area contributed by atoms with Crippen molar-refractivity contribution in [3.8, 4) is 6.07 Å². The fourth-order valence-corrected chi connectivity index (χ4v) is 2.57. The molecule has 0 aliphatic rings. The van der Waals surface area contributed by atoms with Crippen LogP contribution in [-0.4, -0.2) is 24.9 Å². The zero-order valence-corrected chi connectivity index (χ0v) is 15.3. The van der Waals surface area contributed by atoms with Crippen LogP contribution in [0.15, 0.2) is 54.1 Å². The summed E-state index contributed by atoms with van der Waals surface area (Å²) in [5.41, 5.74) is 1.55. The Morgan fingerprint density at radius 3 is 2.48 bits per heavy atom. The molecule has 0 aliphatic carbocycles. The molecule has 2 rings (SSSR count). The van der Waals surface area contributed by atoms with E-state index in [9.17, 15) is 20.2 Å². The lowest BCUT2D eigenvalue weighted by Crippen LogP contribution is -2.27. The predicted molar refractivity (Wildman–Crippen MR) is 104 cm³/mol. The van der Waals surface area contributed by atoms with Crippen molar-refractivity contribution in [2.75, 3.05) is 19.0 Å². The minimum absolute atomic E-state index is 0.0934. The van der Waals surface area contributed by atoms with Crippen LogP contribution in [0.25, 0.3) is 6.08 Å². The molecule has 0 heterocycles. The molecule has 7 nitrogen and oxygen atoms in total. The van der Waals surface area contributed by atoms with Crippen molar-refractivity contribution in [3.63, 3.8) is 0 Å². The Labute approximate surface area is 157 Å². The first-order valence-electron chi connectivity index (χ1n) is 8.27. The van der Waals surface area contributed by atoms with E-state index in [0.29, 0.717) is 11.3 Å². The maximum absolute atomic E-state index is 12.4. The van der Waals surface area contributed by atoms with E-state index >= 15 is 0 Å². The SMILES string of the molecule is C[C@H](NC(=O)/C(C#N)=C/c1ccc(N(C)C)c([N+](=O)[O-])c1)c1ccccc1. The van der Waals surface area contributed by atoms with Gasteiger partial charge in [-0.15, -0.1) is 0 Å². The molecular formula is C20H20N4O3. The number of nitro groups is 1. The van der Waals surface area contributed by atoms with Crippen LogP contribution in [0.5, 0.6) is 0 Å². The van der Waals surface area contributed by atoms with Gasteiger partial charge in [0.2, 0.25) is 0 Å². The summed E-state index contributed by atoms with van der Waals surface area (Å²) >= 11 is 0. The molecule has 0 saturated heterocycles. The van der Waals surface area contributed by atoms with E-state index in [1.165, 1.54) is 12.1 Å². The average molecular weight is 364 g/mol. The Bertz CT molecular complexity index is 915. The van der Waals surface area contributed by atoms with Crippen LogP contribution >= 0.6 is 0 Å². The van der Waals surface area contributed by atoms with E-state index in [1.807, 2.05) is 43.3 Å². The van der Waals surface area contributed by atoms with Gasteiger partial charge < -0.3 is 10.2 Å². The summed E-state index contributed by atoms with van der Waals surface area (Å²) < 4.78 is 0. The van der Waals surface area contributed by atoms with Gasteiger partial charge >= 0.3 is 0 Å². The van der Waals surface area contributed by atoms with Crippen molar-refractivity contribution < 1.29 is 9.72 Å². The summed E-state index contributed by atoms with van der Waals surface area (Å²) in [5, 5.41) is 23.4. The Hall–Kier alpha value is -3.66. The van der Waals surface area contributed by atoms with E-state index in [2.05, 4.69) is 5.32 Å². The number of carbonyl (C=O) groups excluding carboxylic acids is 1. The Balaban J connectivity index is 2.27. The number of hydrogen-bond acceptors (Lipinski definition) is 5. The lowest BCUT2D eigenvalue weighted by atomic mass is 10.1. The van der Waals surface area contributed by atoms with Crippen molar-refractivity contribution in [3.05, 3.63) is 75.3 Å². The van der Waals surface area contributed by atoms with Crippen LogP contribution in [0.3, 0.4) is 0 Å². The molecule has 0 aromatic heterocycles. The third kappa shape index (κ3) is 4.92. The summed E-state index contributed by atoms with van der Waals surface area (Å²) in [6.45, 7) is 1.82.